The number of nitrogens with zero attached hydrogens (tertiary/aromatic N) is 1. The molecule has 3 atom stereocenters. The van der Waals surface area contributed by atoms with Crippen molar-refractivity contribution in [1.29, 1.82) is 0 Å². The lowest BCUT2D eigenvalue weighted by Gasteiger charge is -2.30. The van der Waals surface area contributed by atoms with Crippen LogP contribution in [-0.2, 0) is 4.79 Å². The molecule has 2 aliphatic carbocycles. The fourth-order valence-electron chi connectivity index (χ4n) is 5.88. The predicted molar refractivity (Wildman–Crippen MR) is 125 cm³/mol. The summed E-state index contributed by atoms with van der Waals surface area (Å²) in [7, 11) is 4.71. The van der Waals surface area contributed by atoms with Crippen LogP contribution < -0.4 is 22.3 Å². The second-order valence-electron chi connectivity index (χ2n) is 10.7. The molecule has 3 unspecified atom stereocenters. The van der Waals surface area contributed by atoms with E-state index in [0.717, 1.165) is 29.8 Å². The van der Waals surface area contributed by atoms with E-state index in [-0.39, 0.29) is 17.0 Å². The Morgan fingerprint density at radius 1 is 0.800 bits per heavy atom. The van der Waals surface area contributed by atoms with Crippen molar-refractivity contribution < 1.29 is 26.3 Å². The van der Waals surface area contributed by atoms with Crippen LogP contribution in [0.5, 0.6) is 0 Å². The molecular weight excluding hydrogens is 436 g/mol. The van der Waals surface area contributed by atoms with Crippen molar-refractivity contribution in [3.8, 4) is 0 Å². The molecule has 0 saturated heterocycles. The highest BCUT2D eigenvalue weighted by Crippen LogP contribution is 2.47. The molecule has 0 spiro atoms. The van der Waals surface area contributed by atoms with Crippen LogP contribution in [0.3, 0.4) is 0 Å². The second-order valence-corrected chi connectivity index (χ2v) is 10.7. The number of quaternary nitrogens is 1. The summed E-state index contributed by atoms with van der Waals surface area (Å²) in [6.07, 6.45) is 21.7. The van der Waals surface area contributed by atoms with Crippen molar-refractivity contribution in [2.24, 2.45) is 17.8 Å². The lowest BCUT2D eigenvalue weighted by Crippen LogP contribution is -3.00. The zero-order chi connectivity index (χ0) is 21.0. The van der Waals surface area contributed by atoms with E-state index in [0.29, 0.717) is 17.7 Å². The van der Waals surface area contributed by atoms with Crippen LogP contribution >= 0.6 is 0 Å². The standard InChI is InChI=1S/C26H50N2O.BrH/c1-4-5-6-7-8-9-10-11-12-13-21-28(2,3)22-15-20-27-26(29)25-19-18-23-16-14-17-24(23)25;/h23-25H,4-22H2,1-3H3;1H. The molecule has 2 rings (SSSR count). The van der Waals surface area contributed by atoms with E-state index in [4.69, 9.17) is 0 Å². The Kier molecular flexibility index (Phi) is 14.6. The summed E-state index contributed by atoms with van der Waals surface area (Å²) in [6, 6.07) is 0. The summed E-state index contributed by atoms with van der Waals surface area (Å²) in [4.78, 5) is 12.6. The van der Waals surface area contributed by atoms with Crippen LogP contribution in [0.1, 0.15) is 110 Å². The number of unbranched alkanes of at least 4 members (excludes halogenated alkanes) is 9. The normalized spacial score (nSPS) is 23.2. The fraction of sp³-hybridized carbons (Fsp3) is 0.962. The number of hydrogen-bond donors (Lipinski definition) is 1. The molecule has 0 aromatic heterocycles. The molecule has 1 N–H and O–H groups in total. The first kappa shape index (κ1) is 27.9. The topological polar surface area (TPSA) is 29.1 Å². The van der Waals surface area contributed by atoms with E-state index in [1.807, 2.05) is 0 Å². The van der Waals surface area contributed by atoms with Crippen molar-refractivity contribution >= 4 is 5.91 Å². The number of nitrogens with one attached hydrogen (secondary N) is 1. The van der Waals surface area contributed by atoms with Gasteiger partial charge in [0, 0.05) is 18.9 Å². The van der Waals surface area contributed by atoms with Gasteiger partial charge in [0.05, 0.1) is 27.2 Å². The molecule has 0 aromatic rings. The number of amides is 1. The lowest BCUT2D eigenvalue weighted by atomic mass is 9.91. The molecule has 2 saturated carbocycles. The van der Waals surface area contributed by atoms with Crippen LogP contribution in [0, 0.1) is 17.8 Å². The van der Waals surface area contributed by atoms with E-state index in [9.17, 15) is 4.79 Å². The van der Waals surface area contributed by atoms with E-state index < -0.39 is 0 Å². The van der Waals surface area contributed by atoms with Gasteiger partial charge in [0.2, 0.25) is 5.91 Å². The largest absolute Gasteiger partial charge is 1.00 e. The number of carbonyl (C=O) groups is 1. The van der Waals surface area contributed by atoms with Gasteiger partial charge in [-0.15, -0.1) is 0 Å². The maximum atomic E-state index is 12.6. The first-order valence-corrected chi connectivity index (χ1v) is 13.1. The Morgan fingerprint density at radius 3 is 2.07 bits per heavy atom. The predicted octanol–water partition coefficient (Wildman–Crippen LogP) is 3.32. The first-order chi connectivity index (χ1) is 14.0. The minimum Gasteiger partial charge on any atom is -1.00 e. The molecule has 30 heavy (non-hydrogen) atoms. The third kappa shape index (κ3) is 10.5. The number of hydrogen-bond acceptors (Lipinski definition) is 1. The number of carbonyl (C=O) groups excluding carboxylic acids is 1. The molecule has 1 amide bonds. The van der Waals surface area contributed by atoms with Crippen molar-refractivity contribution in [1.82, 2.24) is 5.32 Å². The number of fused-ring (bicyclic) bond motifs is 1. The Morgan fingerprint density at radius 2 is 1.40 bits per heavy atom. The Labute approximate surface area is 198 Å². The molecule has 4 heteroatoms. The van der Waals surface area contributed by atoms with Gasteiger partial charge in [-0.2, -0.15) is 0 Å². The van der Waals surface area contributed by atoms with Crippen LogP contribution in [0.15, 0.2) is 0 Å². The van der Waals surface area contributed by atoms with Crippen LogP contribution in [0.25, 0.3) is 0 Å². The van der Waals surface area contributed by atoms with E-state index in [1.54, 1.807) is 0 Å². The quantitative estimate of drug-likeness (QED) is 0.263. The van der Waals surface area contributed by atoms with Crippen LogP contribution in [0.4, 0.5) is 0 Å². The third-order valence-corrected chi connectivity index (χ3v) is 7.78. The molecule has 2 aliphatic rings. The summed E-state index contributed by atoms with van der Waals surface area (Å²) in [6.45, 7) is 5.61. The molecule has 3 nitrogen and oxygen atoms in total. The zero-order valence-electron chi connectivity index (χ0n) is 20.4. The van der Waals surface area contributed by atoms with Crippen LogP contribution in [-0.4, -0.2) is 44.1 Å². The molecule has 0 bridgehead atoms. The van der Waals surface area contributed by atoms with Gasteiger partial charge in [0.1, 0.15) is 0 Å². The summed E-state index contributed by atoms with van der Waals surface area (Å²) < 4.78 is 1.10. The first-order valence-electron chi connectivity index (χ1n) is 13.1. The van der Waals surface area contributed by atoms with Gasteiger partial charge in [-0.1, -0.05) is 71.1 Å². The van der Waals surface area contributed by atoms with Crippen molar-refractivity contribution in [3.05, 3.63) is 0 Å². The molecule has 0 aromatic carbocycles. The van der Waals surface area contributed by atoms with Gasteiger partial charge < -0.3 is 26.8 Å². The highest BCUT2D eigenvalue weighted by Gasteiger charge is 2.42. The highest BCUT2D eigenvalue weighted by atomic mass is 79.9. The van der Waals surface area contributed by atoms with Crippen molar-refractivity contribution in [2.75, 3.05) is 33.7 Å². The van der Waals surface area contributed by atoms with E-state index in [2.05, 4.69) is 26.3 Å². The second kappa shape index (κ2) is 15.7. The van der Waals surface area contributed by atoms with Crippen molar-refractivity contribution in [2.45, 2.75) is 110 Å². The van der Waals surface area contributed by atoms with Crippen molar-refractivity contribution in [3.63, 3.8) is 0 Å². The minimum atomic E-state index is 0. The molecule has 178 valence electrons. The van der Waals surface area contributed by atoms with Gasteiger partial charge in [0.25, 0.3) is 0 Å². The Balaban J connectivity index is 0.00000450. The van der Waals surface area contributed by atoms with Gasteiger partial charge in [-0.3, -0.25) is 4.79 Å². The molecule has 0 aliphatic heterocycles. The summed E-state index contributed by atoms with van der Waals surface area (Å²) >= 11 is 0. The lowest BCUT2D eigenvalue weighted by molar-refractivity contribution is -0.890. The fourth-order valence-corrected chi connectivity index (χ4v) is 5.88. The zero-order valence-corrected chi connectivity index (χ0v) is 22.0. The van der Waals surface area contributed by atoms with Crippen LogP contribution in [0.2, 0.25) is 0 Å². The molecule has 0 radical (unpaired) electrons. The maximum absolute atomic E-state index is 12.6. The summed E-state index contributed by atoms with van der Waals surface area (Å²) in [5, 5.41) is 3.27. The van der Waals surface area contributed by atoms with E-state index >= 15 is 0 Å². The highest BCUT2D eigenvalue weighted by molar-refractivity contribution is 5.79. The summed E-state index contributed by atoms with van der Waals surface area (Å²) in [5.74, 6) is 2.26. The molecular formula is C26H51BrN2O. The smallest absolute Gasteiger partial charge is 0.223 e. The number of halogens is 1. The number of rotatable bonds is 16. The third-order valence-electron chi connectivity index (χ3n) is 7.78. The molecule has 2 fully saturated rings. The SMILES string of the molecule is CCCCCCCCCCCC[N+](C)(C)CCCNC(=O)C1CCC2CCCC21.[Br-]. The molecule has 0 heterocycles. The van der Waals surface area contributed by atoms with Gasteiger partial charge in [-0.25, -0.2) is 0 Å². The van der Waals surface area contributed by atoms with Gasteiger partial charge in [-0.05, 0) is 43.9 Å². The minimum absolute atomic E-state index is 0. The average Bonchev–Trinajstić information content (AvgIpc) is 3.30. The van der Waals surface area contributed by atoms with E-state index in [1.165, 1.54) is 103 Å². The van der Waals surface area contributed by atoms with Gasteiger partial charge >= 0.3 is 0 Å². The Bertz CT molecular complexity index is 454. The maximum Gasteiger partial charge on any atom is 0.223 e. The van der Waals surface area contributed by atoms with Gasteiger partial charge in [0.15, 0.2) is 0 Å². The monoisotopic (exact) mass is 486 g/mol. The summed E-state index contributed by atoms with van der Waals surface area (Å²) in [5.41, 5.74) is 0. The Hall–Kier alpha value is -0.0900. The average molecular weight is 488 g/mol.